The van der Waals surface area contributed by atoms with E-state index >= 15 is 0 Å². The molecule has 2 N–H and O–H groups in total. The molecule has 0 atom stereocenters. The number of aromatic nitrogens is 4. The van der Waals surface area contributed by atoms with E-state index in [9.17, 15) is 4.79 Å². The Morgan fingerprint density at radius 3 is 3.00 bits per heavy atom. The van der Waals surface area contributed by atoms with Crippen molar-refractivity contribution in [1.82, 2.24) is 19.9 Å². The molecule has 0 aliphatic rings. The summed E-state index contributed by atoms with van der Waals surface area (Å²) in [4.78, 5) is 24.7. The number of aromatic amines is 2. The maximum absolute atomic E-state index is 11.1. The van der Waals surface area contributed by atoms with Crippen LogP contribution in [0.25, 0.3) is 22.1 Å². The van der Waals surface area contributed by atoms with E-state index in [1.54, 1.807) is 18.3 Å². The van der Waals surface area contributed by atoms with Gasteiger partial charge in [0.2, 0.25) is 0 Å². The van der Waals surface area contributed by atoms with Crippen molar-refractivity contribution in [3.8, 4) is 0 Å². The first kappa shape index (κ1) is 8.43. The predicted octanol–water partition coefficient (Wildman–Crippen LogP) is 1.45. The molecule has 6 heteroatoms. The number of halogens is 1. The molecule has 3 rings (SSSR count). The summed E-state index contributed by atoms with van der Waals surface area (Å²) in [7, 11) is 0. The Bertz CT molecular complexity index is 715. The lowest BCUT2D eigenvalue weighted by Gasteiger charge is -1.97. The lowest BCUT2D eigenvalue weighted by molar-refractivity contribution is 1.21. The number of pyridine rings is 2. The monoisotopic (exact) mass is 220 g/mol. The zero-order chi connectivity index (χ0) is 10.4. The lowest BCUT2D eigenvalue weighted by atomic mass is 10.3. The Labute approximate surface area is 88.1 Å². The maximum atomic E-state index is 11.1. The van der Waals surface area contributed by atoms with E-state index in [-0.39, 0.29) is 5.69 Å². The van der Waals surface area contributed by atoms with Gasteiger partial charge in [0, 0.05) is 0 Å². The molecule has 0 aliphatic carbocycles. The number of fused-ring (bicyclic) bond motifs is 3. The number of nitrogens with zero attached hydrogens (tertiary/aromatic N) is 2. The molecule has 74 valence electrons. The van der Waals surface area contributed by atoms with Crippen molar-refractivity contribution < 1.29 is 0 Å². The van der Waals surface area contributed by atoms with E-state index < -0.39 is 0 Å². The second-order valence-electron chi connectivity index (χ2n) is 3.13. The minimum absolute atomic E-state index is 0.277. The van der Waals surface area contributed by atoms with Gasteiger partial charge in [-0.15, -0.1) is 0 Å². The van der Waals surface area contributed by atoms with Gasteiger partial charge in [-0.25, -0.2) is 9.78 Å². The summed E-state index contributed by atoms with van der Waals surface area (Å²) >= 11 is 5.78. The van der Waals surface area contributed by atoms with Crippen molar-refractivity contribution in [2.45, 2.75) is 0 Å². The van der Waals surface area contributed by atoms with Crippen LogP contribution in [0.3, 0.4) is 0 Å². The van der Waals surface area contributed by atoms with E-state index in [2.05, 4.69) is 19.9 Å². The molecule has 3 aromatic rings. The summed E-state index contributed by atoms with van der Waals surface area (Å²) in [6, 6.07) is 3.42. The number of nitrogens with one attached hydrogen (secondary N) is 2. The third-order valence-electron chi connectivity index (χ3n) is 2.17. The second kappa shape index (κ2) is 2.80. The predicted molar refractivity (Wildman–Crippen MR) is 57.0 cm³/mol. The molecule has 0 saturated heterocycles. The van der Waals surface area contributed by atoms with Crippen molar-refractivity contribution in [2.24, 2.45) is 0 Å². The van der Waals surface area contributed by atoms with E-state index in [0.29, 0.717) is 27.2 Å². The summed E-state index contributed by atoms with van der Waals surface area (Å²) in [6.07, 6.45) is 1.59. The molecule has 0 bridgehead atoms. The first-order chi connectivity index (χ1) is 7.24. The average Bonchev–Trinajstić information content (AvgIpc) is 2.58. The standard InChI is InChI=1S/C9H5ClN4O/c10-6-2-1-4-7(13-6)8-5(3-11-4)12-9(15)14-8/h1-3H,(H2,12,14,15). The quantitative estimate of drug-likeness (QED) is 0.563. The fraction of sp³-hybridized carbons (Fsp3) is 0. The van der Waals surface area contributed by atoms with Crippen LogP contribution in [0.5, 0.6) is 0 Å². The number of imidazole rings is 1. The molecule has 5 nitrogen and oxygen atoms in total. The smallest absolute Gasteiger partial charge is 0.304 e. The Morgan fingerprint density at radius 2 is 2.13 bits per heavy atom. The van der Waals surface area contributed by atoms with Crippen molar-refractivity contribution in [3.63, 3.8) is 0 Å². The van der Waals surface area contributed by atoms with Crippen molar-refractivity contribution >= 4 is 33.7 Å². The Kier molecular flexibility index (Phi) is 1.58. The fourth-order valence-corrected chi connectivity index (χ4v) is 1.68. The summed E-state index contributed by atoms with van der Waals surface area (Å²) < 4.78 is 0. The van der Waals surface area contributed by atoms with Crippen LogP contribution in [-0.2, 0) is 0 Å². The number of H-pyrrole nitrogens is 2. The molecule has 3 heterocycles. The van der Waals surface area contributed by atoms with Crippen molar-refractivity contribution in [2.75, 3.05) is 0 Å². The topological polar surface area (TPSA) is 74.4 Å². The van der Waals surface area contributed by atoms with Gasteiger partial charge in [0.05, 0.1) is 22.7 Å². The zero-order valence-corrected chi connectivity index (χ0v) is 8.17. The normalized spacial score (nSPS) is 11.3. The molecular weight excluding hydrogens is 216 g/mol. The Balaban J connectivity index is 2.62. The molecule has 0 unspecified atom stereocenters. The Morgan fingerprint density at radius 1 is 1.27 bits per heavy atom. The molecule has 3 aromatic heterocycles. The van der Waals surface area contributed by atoms with E-state index in [4.69, 9.17) is 11.6 Å². The van der Waals surface area contributed by atoms with Crippen molar-refractivity contribution in [1.29, 1.82) is 0 Å². The zero-order valence-electron chi connectivity index (χ0n) is 7.41. The number of hydrogen-bond acceptors (Lipinski definition) is 3. The fourth-order valence-electron chi connectivity index (χ4n) is 1.53. The van der Waals surface area contributed by atoms with Crippen LogP contribution in [-0.4, -0.2) is 19.9 Å². The van der Waals surface area contributed by atoms with E-state index in [0.717, 1.165) is 0 Å². The molecule has 0 radical (unpaired) electrons. The molecule has 0 fully saturated rings. The molecule has 0 aliphatic heterocycles. The molecule has 0 aromatic carbocycles. The number of hydrogen-bond donors (Lipinski definition) is 2. The van der Waals surface area contributed by atoms with Gasteiger partial charge in [-0.2, -0.15) is 0 Å². The van der Waals surface area contributed by atoms with Gasteiger partial charge in [-0.1, -0.05) is 11.6 Å². The lowest BCUT2D eigenvalue weighted by Crippen LogP contribution is -1.99. The SMILES string of the molecule is O=c1[nH]c2cnc3ccc(Cl)nc3c2[nH]1. The van der Waals surface area contributed by atoms with Gasteiger partial charge in [0.25, 0.3) is 0 Å². The highest BCUT2D eigenvalue weighted by Gasteiger charge is 2.06. The van der Waals surface area contributed by atoms with Gasteiger partial charge >= 0.3 is 5.69 Å². The summed E-state index contributed by atoms with van der Waals surface area (Å²) in [5.74, 6) is 0. The third kappa shape index (κ3) is 1.20. The largest absolute Gasteiger partial charge is 0.323 e. The van der Waals surface area contributed by atoms with Crippen LogP contribution in [0.1, 0.15) is 0 Å². The highest BCUT2D eigenvalue weighted by atomic mass is 35.5. The first-order valence-corrected chi connectivity index (χ1v) is 4.65. The van der Waals surface area contributed by atoms with Crippen LogP contribution in [0.2, 0.25) is 5.15 Å². The summed E-state index contributed by atoms with van der Waals surface area (Å²) in [6.45, 7) is 0. The van der Waals surface area contributed by atoms with E-state index in [1.165, 1.54) is 0 Å². The highest BCUT2D eigenvalue weighted by molar-refractivity contribution is 6.30. The summed E-state index contributed by atoms with van der Waals surface area (Å²) in [5.41, 5.74) is 2.27. The van der Waals surface area contributed by atoms with Gasteiger partial charge in [-0.3, -0.25) is 4.98 Å². The molecule has 15 heavy (non-hydrogen) atoms. The average molecular weight is 221 g/mol. The number of rotatable bonds is 0. The van der Waals surface area contributed by atoms with Crippen LogP contribution in [0.4, 0.5) is 0 Å². The minimum Gasteiger partial charge on any atom is -0.304 e. The van der Waals surface area contributed by atoms with Crippen molar-refractivity contribution in [3.05, 3.63) is 34.0 Å². The van der Waals surface area contributed by atoms with Gasteiger partial charge < -0.3 is 9.97 Å². The summed E-state index contributed by atoms with van der Waals surface area (Å²) in [5, 5.41) is 0.374. The molecule has 0 saturated carbocycles. The second-order valence-corrected chi connectivity index (χ2v) is 3.51. The van der Waals surface area contributed by atoms with Crippen LogP contribution in [0.15, 0.2) is 23.1 Å². The first-order valence-electron chi connectivity index (χ1n) is 4.27. The third-order valence-corrected chi connectivity index (χ3v) is 2.38. The highest BCUT2D eigenvalue weighted by Crippen LogP contribution is 2.19. The van der Waals surface area contributed by atoms with Crippen LogP contribution >= 0.6 is 11.6 Å². The Hall–Kier alpha value is -1.88. The van der Waals surface area contributed by atoms with Gasteiger partial charge in [-0.05, 0) is 12.1 Å². The van der Waals surface area contributed by atoms with E-state index in [1.807, 2.05) is 0 Å². The van der Waals surface area contributed by atoms with Gasteiger partial charge in [0.1, 0.15) is 10.7 Å². The maximum Gasteiger partial charge on any atom is 0.323 e. The molecule has 0 amide bonds. The molecular formula is C9H5ClN4O. The van der Waals surface area contributed by atoms with Crippen LogP contribution in [0, 0.1) is 0 Å². The molecule has 0 spiro atoms. The minimum atomic E-state index is -0.277. The van der Waals surface area contributed by atoms with Gasteiger partial charge in [0.15, 0.2) is 0 Å². The van der Waals surface area contributed by atoms with Crippen LogP contribution < -0.4 is 5.69 Å².